The minimum Gasteiger partial charge on any atom is -0.368 e. The van der Waals surface area contributed by atoms with E-state index in [0.717, 1.165) is 42.8 Å². The third kappa shape index (κ3) is 4.61. The van der Waals surface area contributed by atoms with E-state index in [1.165, 1.54) is 12.1 Å². The molecule has 1 aliphatic rings. The van der Waals surface area contributed by atoms with Gasteiger partial charge < -0.3 is 4.90 Å². The molecule has 1 aromatic heterocycles. The quantitative estimate of drug-likeness (QED) is 0.565. The Morgan fingerprint density at radius 2 is 2.00 bits per heavy atom. The summed E-state index contributed by atoms with van der Waals surface area (Å²) in [5.74, 6) is 0. The molecule has 0 radical (unpaired) electrons. The second-order valence-electron chi connectivity index (χ2n) is 6.30. The van der Waals surface area contributed by atoms with Gasteiger partial charge in [-0.25, -0.2) is 18.5 Å². The highest BCUT2D eigenvalue weighted by atomic mass is 32.2. The van der Waals surface area contributed by atoms with E-state index in [1.807, 2.05) is 4.90 Å². The lowest BCUT2D eigenvalue weighted by molar-refractivity contribution is -0.385. The van der Waals surface area contributed by atoms with E-state index in [9.17, 15) is 18.5 Å². The van der Waals surface area contributed by atoms with Crippen LogP contribution in [0.4, 0.5) is 11.4 Å². The van der Waals surface area contributed by atoms with Crippen molar-refractivity contribution in [3.8, 4) is 0 Å². The number of benzene rings is 1. The van der Waals surface area contributed by atoms with Gasteiger partial charge in [-0.1, -0.05) is 6.92 Å². The van der Waals surface area contributed by atoms with Crippen LogP contribution in [0.2, 0.25) is 0 Å². The van der Waals surface area contributed by atoms with Crippen molar-refractivity contribution < 1.29 is 13.3 Å². The molecule has 1 aromatic carbocycles. The number of nitro groups is 1. The SMILES string of the molecule is CCc1nc(CN2CCN(c3ccc([N+](=O)[O-])cc3S(N)(=O)=O)CC2)cs1. The van der Waals surface area contributed by atoms with Crippen LogP contribution in [0.25, 0.3) is 0 Å². The van der Waals surface area contributed by atoms with E-state index in [2.05, 4.69) is 22.2 Å². The molecule has 27 heavy (non-hydrogen) atoms. The summed E-state index contributed by atoms with van der Waals surface area (Å²) in [7, 11) is -4.07. The number of nitrogens with two attached hydrogens (primary N) is 1. The molecule has 3 rings (SSSR count). The molecule has 1 saturated heterocycles. The van der Waals surface area contributed by atoms with E-state index in [0.29, 0.717) is 18.8 Å². The average molecular weight is 412 g/mol. The zero-order valence-electron chi connectivity index (χ0n) is 14.9. The second kappa shape index (κ2) is 7.89. The number of piperazine rings is 1. The first-order valence-electron chi connectivity index (χ1n) is 8.49. The summed E-state index contributed by atoms with van der Waals surface area (Å²) in [4.78, 5) is 18.8. The molecule has 0 spiro atoms. The fourth-order valence-corrected chi connectivity index (χ4v) is 4.58. The van der Waals surface area contributed by atoms with Gasteiger partial charge in [-0.2, -0.15) is 0 Å². The van der Waals surface area contributed by atoms with Crippen LogP contribution in [-0.2, 0) is 23.0 Å². The number of non-ortho nitro benzene ring substituents is 1. The van der Waals surface area contributed by atoms with Crippen LogP contribution in [0.15, 0.2) is 28.5 Å². The number of aromatic nitrogens is 1. The van der Waals surface area contributed by atoms with Crippen LogP contribution in [0.3, 0.4) is 0 Å². The Morgan fingerprint density at radius 3 is 2.56 bits per heavy atom. The van der Waals surface area contributed by atoms with Crippen molar-refractivity contribution in [2.24, 2.45) is 5.14 Å². The molecule has 0 atom stereocenters. The van der Waals surface area contributed by atoms with Gasteiger partial charge in [0.25, 0.3) is 5.69 Å². The summed E-state index contributed by atoms with van der Waals surface area (Å²) >= 11 is 1.66. The minimum atomic E-state index is -4.07. The van der Waals surface area contributed by atoms with Crippen molar-refractivity contribution in [3.05, 3.63) is 44.4 Å². The Bertz CT molecular complexity index is 936. The first-order valence-corrected chi connectivity index (χ1v) is 10.9. The van der Waals surface area contributed by atoms with E-state index < -0.39 is 14.9 Å². The molecule has 1 fully saturated rings. The summed E-state index contributed by atoms with van der Waals surface area (Å²) in [5, 5.41) is 19.4. The monoisotopic (exact) mass is 411 g/mol. The molecule has 0 bridgehead atoms. The maximum absolute atomic E-state index is 11.9. The smallest absolute Gasteiger partial charge is 0.270 e. The standard InChI is InChI=1S/C16H21N5O4S2/c1-2-16-18-12(11-26-16)10-19-5-7-20(8-6-19)14-4-3-13(21(22)23)9-15(14)27(17,24)25/h3-4,9,11H,2,5-8,10H2,1H3,(H2,17,24,25). The van der Waals surface area contributed by atoms with Crippen LogP contribution >= 0.6 is 11.3 Å². The summed E-state index contributed by atoms with van der Waals surface area (Å²) in [6, 6.07) is 3.79. The van der Waals surface area contributed by atoms with Crippen molar-refractivity contribution in [1.29, 1.82) is 0 Å². The molecule has 0 amide bonds. The third-order valence-electron chi connectivity index (χ3n) is 4.46. The molecule has 146 valence electrons. The number of sulfonamides is 1. The Kier molecular flexibility index (Phi) is 5.75. The van der Waals surface area contributed by atoms with E-state index in [1.54, 1.807) is 11.3 Å². The van der Waals surface area contributed by atoms with Gasteiger partial charge in [-0.05, 0) is 12.5 Å². The predicted octanol–water partition coefficient (Wildman–Crippen LogP) is 1.58. The molecule has 0 saturated carbocycles. The summed E-state index contributed by atoms with van der Waals surface area (Å²) in [6.45, 7) is 5.51. The number of nitrogens with zero attached hydrogens (tertiary/aromatic N) is 4. The van der Waals surface area contributed by atoms with E-state index in [-0.39, 0.29) is 10.6 Å². The number of primary sulfonamides is 1. The van der Waals surface area contributed by atoms with Gasteiger partial charge in [0.15, 0.2) is 0 Å². The molecule has 2 N–H and O–H groups in total. The summed E-state index contributed by atoms with van der Waals surface area (Å²) < 4.78 is 23.8. The van der Waals surface area contributed by atoms with Crippen molar-refractivity contribution in [3.63, 3.8) is 0 Å². The fraction of sp³-hybridized carbons (Fsp3) is 0.438. The van der Waals surface area contributed by atoms with Gasteiger partial charge in [0.1, 0.15) is 4.90 Å². The molecular formula is C16H21N5O4S2. The number of rotatable bonds is 6. The fourth-order valence-electron chi connectivity index (χ4n) is 3.07. The van der Waals surface area contributed by atoms with Crippen LogP contribution in [0, 0.1) is 10.1 Å². The Balaban J connectivity index is 1.73. The molecule has 0 unspecified atom stereocenters. The number of thiazole rings is 1. The number of aryl methyl sites for hydroxylation is 1. The lowest BCUT2D eigenvalue weighted by Crippen LogP contribution is -2.46. The van der Waals surface area contributed by atoms with Crippen LogP contribution in [0.5, 0.6) is 0 Å². The maximum atomic E-state index is 11.9. The van der Waals surface area contributed by atoms with Crippen LogP contribution in [-0.4, -0.2) is 49.4 Å². The highest BCUT2D eigenvalue weighted by molar-refractivity contribution is 7.89. The van der Waals surface area contributed by atoms with E-state index >= 15 is 0 Å². The van der Waals surface area contributed by atoms with Crippen LogP contribution in [0.1, 0.15) is 17.6 Å². The molecule has 11 heteroatoms. The molecule has 9 nitrogen and oxygen atoms in total. The zero-order valence-corrected chi connectivity index (χ0v) is 16.5. The topological polar surface area (TPSA) is 123 Å². The number of anilines is 1. The zero-order chi connectivity index (χ0) is 19.6. The number of nitro benzene ring substituents is 1. The lowest BCUT2D eigenvalue weighted by atomic mass is 10.2. The lowest BCUT2D eigenvalue weighted by Gasteiger charge is -2.36. The van der Waals surface area contributed by atoms with Gasteiger partial charge >= 0.3 is 0 Å². The Labute approximate surface area is 161 Å². The number of hydrogen-bond donors (Lipinski definition) is 1. The average Bonchev–Trinajstić information content (AvgIpc) is 3.08. The highest BCUT2D eigenvalue weighted by Crippen LogP contribution is 2.29. The second-order valence-corrected chi connectivity index (χ2v) is 8.78. The minimum absolute atomic E-state index is 0.211. The third-order valence-corrected chi connectivity index (χ3v) is 6.44. The maximum Gasteiger partial charge on any atom is 0.270 e. The highest BCUT2D eigenvalue weighted by Gasteiger charge is 2.25. The molecule has 0 aliphatic carbocycles. The summed E-state index contributed by atoms with van der Waals surface area (Å²) in [5.41, 5.74) is 1.16. The Hall–Kier alpha value is -2.08. The van der Waals surface area contributed by atoms with Crippen molar-refractivity contribution in [2.75, 3.05) is 31.1 Å². The first-order chi connectivity index (χ1) is 12.8. The predicted molar refractivity (Wildman–Crippen MR) is 103 cm³/mol. The van der Waals surface area contributed by atoms with E-state index in [4.69, 9.17) is 5.14 Å². The number of hydrogen-bond acceptors (Lipinski definition) is 8. The largest absolute Gasteiger partial charge is 0.368 e. The molecule has 2 aromatic rings. The van der Waals surface area contributed by atoms with Gasteiger partial charge in [0.2, 0.25) is 10.0 Å². The first kappa shape index (κ1) is 19.7. The van der Waals surface area contributed by atoms with Crippen molar-refractivity contribution in [2.45, 2.75) is 24.8 Å². The van der Waals surface area contributed by atoms with Gasteiger partial charge in [-0.3, -0.25) is 15.0 Å². The normalized spacial score (nSPS) is 15.9. The van der Waals surface area contributed by atoms with Gasteiger partial charge in [-0.15, -0.1) is 11.3 Å². The Morgan fingerprint density at radius 1 is 1.30 bits per heavy atom. The van der Waals surface area contributed by atoms with Crippen molar-refractivity contribution in [1.82, 2.24) is 9.88 Å². The molecule has 2 heterocycles. The van der Waals surface area contributed by atoms with Gasteiger partial charge in [0, 0.05) is 50.2 Å². The van der Waals surface area contributed by atoms with Gasteiger partial charge in [0.05, 0.1) is 21.3 Å². The molecule has 1 aliphatic heterocycles. The van der Waals surface area contributed by atoms with Crippen LogP contribution < -0.4 is 10.0 Å². The summed E-state index contributed by atoms with van der Waals surface area (Å²) in [6.07, 6.45) is 0.926. The van der Waals surface area contributed by atoms with Crippen molar-refractivity contribution >= 4 is 32.7 Å². The molecular weight excluding hydrogens is 390 g/mol.